The summed E-state index contributed by atoms with van der Waals surface area (Å²) in [6.45, 7) is 3.94. The van der Waals surface area contributed by atoms with Crippen LogP contribution in [0.25, 0.3) is 0 Å². The predicted molar refractivity (Wildman–Crippen MR) is 71.7 cm³/mol. The molecule has 0 saturated carbocycles. The molecule has 5 nitrogen and oxygen atoms in total. The standard InChI is InChI=1S/C13H19N3O2/c1-4-9(2)15-13(18)16-11-7-5-10(6-8-11)12(17)14-3/h5-9H,4H2,1-3H3,(H,14,17)(H2,15,16,18). The van der Waals surface area contributed by atoms with Crippen LogP contribution in [0, 0.1) is 0 Å². The monoisotopic (exact) mass is 249 g/mol. The molecule has 18 heavy (non-hydrogen) atoms. The molecular formula is C13H19N3O2. The summed E-state index contributed by atoms with van der Waals surface area (Å²) in [7, 11) is 1.58. The van der Waals surface area contributed by atoms with Crippen molar-refractivity contribution in [3.63, 3.8) is 0 Å². The molecule has 1 unspecified atom stereocenters. The highest BCUT2D eigenvalue weighted by molar-refractivity contribution is 5.95. The van der Waals surface area contributed by atoms with E-state index in [1.54, 1.807) is 31.3 Å². The van der Waals surface area contributed by atoms with Crippen molar-refractivity contribution in [3.05, 3.63) is 29.8 Å². The van der Waals surface area contributed by atoms with Gasteiger partial charge in [0.25, 0.3) is 5.91 Å². The van der Waals surface area contributed by atoms with E-state index in [2.05, 4.69) is 16.0 Å². The normalized spacial score (nSPS) is 11.5. The largest absolute Gasteiger partial charge is 0.355 e. The smallest absolute Gasteiger partial charge is 0.319 e. The molecular weight excluding hydrogens is 230 g/mol. The van der Waals surface area contributed by atoms with Crippen LogP contribution in [-0.2, 0) is 0 Å². The van der Waals surface area contributed by atoms with Gasteiger partial charge in [-0.25, -0.2) is 4.79 Å². The molecule has 0 saturated heterocycles. The first-order valence-corrected chi connectivity index (χ1v) is 5.96. The third-order valence-corrected chi connectivity index (χ3v) is 2.62. The second kappa shape index (κ2) is 6.64. The molecule has 0 aliphatic heterocycles. The fourth-order valence-corrected chi connectivity index (χ4v) is 1.34. The number of carbonyl (C=O) groups is 2. The Bertz CT molecular complexity index is 415. The first-order valence-electron chi connectivity index (χ1n) is 5.96. The van der Waals surface area contributed by atoms with E-state index in [-0.39, 0.29) is 18.0 Å². The number of benzene rings is 1. The summed E-state index contributed by atoms with van der Waals surface area (Å²) in [6.07, 6.45) is 0.878. The molecule has 0 spiro atoms. The number of amides is 3. The fraction of sp³-hybridized carbons (Fsp3) is 0.385. The van der Waals surface area contributed by atoms with Crippen LogP contribution in [0.4, 0.5) is 10.5 Å². The Morgan fingerprint density at radius 1 is 1.22 bits per heavy atom. The number of carbonyl (C=O) groups excluding carboxylic acids is 2. The van der Waals surface area contributed by atoms with Crippen LogP contribution < -0.4 is 16.0 Å². The van der Waals surface area contributed by atoms with Crippen LogP contribution in [-0.4, -0.2) is 25.0 Å². The summed E-state index contributed by atoms with van der Waals surface area (Å²) >= 11 is 0. The van der Waals surface area contributed by atoms with Gasteiger partial charge in [-0.1, -0.05) is 6.92 Å². The van der Waals surface area contributed by atoms with Crippen molar-refractivity contribution in [1.29, 1.82) is 0 Å². The van der Waals surface area contributed by atoms with Crippen molar-refractivity contribution < 1.29 is 9.59 Å². The molecule has 1 aromatic rings. The third-order valence-electron chi connectivity index (χ3n) is 2.62. The molecule has 0 aromatic heterocycles. The summed E-state index contributed by atoms with van der Waals surface area (Å²) in [4.78, 5) is 22.9. The van der Waals surface area contributed by atoms with E-state index < -0.39 is 0 Å². The van der Waals surface area contributed by atoms with E-state index in [9.17, 15) is 9.59 Å². The van der Waals surface area contributed by atoms with E-state index in [0.717, 1.165) is 6.42 Å². The topological polar surface area (TPSA) is 70.2 Å². The number of nitrogens with one attached hydrogen (secondary N) is 3. The first kappa shape index (κ1) is 14.0. The summed E-state index contributed by atoms with van der Waals surface area (Å²) in [5, 5.41) is 8.04. The number of hydrogen-bond acceptors (Lipinski definition) is 2. The van der Waals surface area contributed by atoms with E-state index in [4.69, 9.17) is 0 Å². The van der Waals surface area contributed by atoms with Gasteiger partial charge >= 0.3 is 6.03 Å². The number of rotatable bonds is 4. The minimum absolute atomic E-state index is 0.134. The van der Waals surface area contributed by atoms with Gasteiger partial charge in [0, 0.05) is 24.3 Å². The van der Waals surface area contributed by atoms with E-state index in [0.29, 0.717) is 11.3 Å². The van der Waals surface area contributed by atoms with Gasteiger partial charge in [-0.2, -0.15) is 0 Å². The molecule has 0 radical (unpaired) electrons. The van der Waals surface area contributed by atoms with Gasteiger partial charge in [-0.15, -0.1) is 0 Å². The Labute approximate surface area is 107 Å². The molecule has 0 aliphatic rings. The lowest BCUT2D eigenvalue weighted by Gasteiger charge is -2.12. The Kier molecular flexibility index (Phi) is 5.17. The highest BCUT2D eigenvalue weighted by atomic mass is 16.2. The zero-order valence-electron chi connectivity index (χ0n) is 10.9. The Hall–Kier alpha value is -2.04. The van der Waals surface area contributed by atoms with Crippen molar-refractivity contribution >= 4 is 17.6 Å². The molecule has 0 bridgehead atoms. The fourth-order valence-electron chi connectivity index (χ4n) is 1.34. The average molecular weight is 249 g/mol. The zero-order valence-corrected chi connectivity index (χ0v) is 10.9. The van der Waals surface area contributed by atoms with Gasteiger partial charge in [0.05, 0.1) is 0 Å². The molecule has 1 aromatic carbocycles. The maximum atomic E-state index is 11.6. The lowest BCUT2D eigenvalue weighted by atomic mass is 10.2. The Balaban J connectivity index is 2.58. The molecule has 1 rings (SSSR count). The summed E-state index contributed by atoms with van der Waals surface area (Å²) in [5.74, 6) is -0.148. The summed E-state index contributed by atoms with van der Waals surface area (Å²) in [6, 6.07) is 6.61. The van der Waals surface area contributed by atoms with Crippen molar-refractivity contribution in [2.24, 2.45) is 0 Å². The van der Waals surface area contributed by atoms with Gasteiger partial charge < -0.3 is 16.0 Å². The van der Waals surface area contributed by atoms with Gasteiger partial charge in [0.2, 0.25) is 0 Å². The molecule has 98 valence electrons. The van der Waals surface area contributed by atoms with Crippen LogP contribution in [0.5, 0.6) is 0 Å². The third kappa shape index (κ3) is 4.08. The van der Waals surface area contributed by atoms with Gasteiger partial charge in [-0.3, -0.25) is 4.79 Å². The van der Waals surface area contributed by atoms with E-state index >= 15 is 0 Å². The van der Waals surface area contributed by atoms with Gasteiger partial charge in [0.15, 0.2) is 0 Å². The quantitative estimate of drug-likeness (QED) is 0.763. The van der Waals surface area contributed by atoms with Crippen molar-refractivity contribution in [2.75, 3.05) is 12.4 Å². The van der Waals surface area contributed by atoms with Crippen LogP contribution in [0.2, 0.25) is 0 Å². The van der Waals surface area contributed by atoms with Crippen molar-refractivity contribution in [2.45, 2.75) is 26.3 Å². The van der Waals surface area contributed by atoms with E-state index in [1.807, 2.05) is 13.8 Å². The molecule has 5 heteroatoms. The maximum Gasteiger partial charge on any atom is 0.319 e. The minimum Gasteiger partial charge on any atom is -0.355 e. The molecule has 3 N–H and O–H groups in total. The lowest BCUT2D eigenvalue weighted by molar-refractivity contribution is 0.0963. The highest BCUT2D eigenvalue weighted by Gasteiger charge is 2.06. The second-order valence-electron chi connectivity index (χ2n) is 4.06. The van der Waals surface area contributed by atoms with Crippen molar-refractivity contribution in [3.8, 4) is 0 Å². The summed E-state index contributed by atoms with van der Waals surface area (Å²) < 4.78 is 0. The zero-order chi connectivity index (χ0) is 13.5. The van der Waals surface area contributed by atoms with Gasteiger partial charge in [-0.05, 0) is 37.6 Å². The summed E-state index contributed by atoms with van der Waals surface area (Å²) in [5.41, 5.74) is 1.22. The SMILES string of the molecule is CCC(C)NC(=O)Nc1ccc(C(=O)NC)cc1. The molecule has 0 aliphatic carbocycles. The van der Waals surface area contributed by atoms with Gasteiger partial charge in [0.1, 0.15) is 0 Å². The molecule has 3 amide bonds. The average Bonchev–Trinajstić information content (AvgIpc) is 2.38. The Morgan fingerprint density at radius 2 is 1.83 bits per heavy atom. The maximum absolute atomic E-state index is 11.6. The molecule has 0 heterocycles. The van der Waals surface area contributed by atoms with Crippen LogP contribution in [0.1, 0.15) is 30.6 Å². The number of anilines is 1. The van der Waals surface area contributed by atoms with Crippen LogP contribution in [0.15, 0.2) is 24.3 Å². The highest BCUT2D eigenvalue weighted by Crippen LogP contribution is 2.09. The second-order valence-corrected chi connectivity index (χ2v) is 4.06. The van der Waals surface area contributed by atoms with Crippen molar-refractivity contribution in [1.82, 2.24) is 10.6 Å². The number of urea groups is 1. The first-order chi connectivity index (χ1) is 8.56. The Morgan fingerprint density at radius 3 is 2.33 bits per heavy atom. The number of hydrogen-bond donors (Lipinski definition) is 3. The van der Waals surface area contributed by atoms with E-state index in [1.165, 1.54) is 0 Å². The van der Waals surface area contributed by atoms with Crippen LogP contribution in [0.3, 0.4) is 0 Å². The molecule has 0 fully saturated rings. The molecule has 1 atom stereocenters. The predicted octanol–water partition coefficient (Wildman–Crippen LogP) is 1.97. The van der Waals surface area contributed by atoms with Crippen LogP contribution >= 0.6 is 0 Å². The lowest BCUT2D eigenvalue weighted by Crippen LogP contribution is -2.35. The minimum atomic E-state index is -0.239.